The Hall–Kier alpha value is -1.03. The van der Waals surface area contributed by atoms with Crippen molar-refractivity contribution in [1.82, 2.24) is 4.90 Å². The number of nitrogens with zero attached hydrogens (tertiary/aromatic N) is 1. The van der Waals surface area contributed by atoms with E-state index in [1.807, 2.05) is 4.90 Å². The van der Waals surface area contributed by atoms with Gasteiger partial charge in [-0.25, -0.2) is 0 Å². The fourth-order valence-corrected chi connectivity index (χ4v) is 2.42. The van der Waals surface area contributed by atoms with E-state index in [9.17, 15) is 9.90 Å². The molecule has 0 aliphatic rings. The monoisotopic (exact) mass is 313 g/mol. The van der Waals surface area contributed by atoms with Crippen molar-refractivity contribution in [2.45, 2.75) is 32.7 Å². The van der Waals surface area contributed by atoms with Gasteiger partial charge in [0.15, 0.2) is 0 Å². The molecular formula is C14H20BrNO2. The molecule has 100 valence electrons. The van der Waals surface area contributed by atoms with E-state index < -0.39 is 0 Å². The molecule has 0 heterocycles. The first-order valence-electron chi connectivity index (χ1n) is 6.30. The molecular weight excluding hydrogens is 294 g/mol. The Balaban J connectivity index is 2.91. The van der Waals surface area contributed by atoms with Crippen LogP contribution >= 0.6 is 15.9 Å². The van der Waals surface area contributed by atoms with Crippen LogP contribution in [0.5, 0.6) is 5.75 Å². The predicted molar refractivity (Wildman–Crippen MR) is 77.3 cm³/mol. The highest BCUT2D eigenvalue weighted by molar-refractivity contribution is 9.09. The number of hydrogen-bond donors (Lipinski definition) is 1. The van der Waals surface area contributed by atoms with Crippen LogP contribution in [0, 0.1) is 0 Å². The van der Waals surface area contributed by atoms with Gasteiger partial charge in [-0.2, -0.15) is 0 Å². The van der Waals surface area contributed by atoms with Gasteiger partial charge in [0, 0.05) is 23.5 Å². The Morgan fingerprint density at radius 3 is 2.28 bits per heavy atom. The summed E-state index contributed by atoms with van der Waals surface area (Å²) < 4.78 is 0. The molecule has 0 aliphatic carbocycles. The van der Waals surface area contributed by atoms with Gasteiger partial charge in [0.25, 0.3) is 5.91 Å². The number of aromatic hydroxyl groups is 1. The van der Waals surface area contributed by atoms with Crippen LogP contribution in [0.3, 0.4) is 0 Å². The van der Waals surface area contributed by atoms with Crippen molar-refractivity contribution in [3.05, 3.63) is 29.8 Å². The van der Waals surface area contributed by atoms with Crippen molar-refractivity contribution in [2.24, 2.45) is 0 Å². The Kier molecular flexibility index (Phi) is 6.19. The third-order valence-corrected chi connectivity index (χ3v) is 3.44. The number of rotatable bonds is 6. The minimum Gasteiger partial charge on any atom is -0.508 e. The Bertz CT molecular complexity index is 374. The zero-order chi connectivity index (χ0) is 13.5. The van der Waals surface area contributed by atoms with Gasteiger partial charge in [0.2, 0.25) is 0 Å². The third kappa shape index (κ3) is 3.73. The summed E-state index contributed by atoms with van der Waals surface area (Å²) in [6, 6.07) is 6.70. The van der Waals surface area contributed by atoms with Crippen LogP contribution in [0.1, 0.15) is 37.0 Å². The van der Waals surface area contributed by atoms with Crippen LogP contribution in [0.15, 0.2) is 24.3 Å². The van der Waals surface area contributed by atoms with E-state index in [0.29, 0.717) is 12.1 Å². The second-order valence-electron chi connectivity index (χ2n) is 4.20. The largest absolute Gasteiger partial charge is 0.508 e. The number of hydrogen-bond acceptors (Lipinski definition) is 2. The summed E-state index contributed by atoms with van der Waals surface area (Å²) in [5.74, 6) is 0.212. The predicted octanol–water partition coefficient (Wildman–Crippen LogP) is 3.42. The maximum absolute atomic E-state index is 12.4. The number of halogens is 1. The SMILES string of the molecule is CCC(CC)N(CCBr)C(=O)c1ccc(O)cc1. The van der Waals surface area contributed by atoms with Crippen molar-refractivity contribution in [3.63, 3.8) is 0 Å². The third-order valence-electron chi connectivity index (χ3n) is 3.08. The lowest BCUT2D eigenvalue weighted by Gasteiger charge is -2.30. The standard InChI is InChI=1S/C14H20BrNO2/c1-3-12(4-2)16(10-9-15)14(18)11-5-7-13(17)8-6-11/h5-8,12,17H,3-4,9-10H2,1-2H3. The van der Waals surface area contributed by atoms with Gasteiger partial charge >= 0.3 is 0 Å². The highest BCUT2D eigenvalue weighted by Gasteiger charge is 2.21. The lowest BCUT2D eigenvalue weighted by molar-refractivity contribution is 0.0683. The van der Waals surface area contributed by atoms with Gasteiger partial charge in [-0.05, 0) is 37.1 Å². The Labute approximate surface area is 117 Å². The molecule has 1 aromatic carbocycles. The maximum Gasteiger partial charge on any atom is 0.254 e. The van der Waals surface area contributed by atoms with Gasteiger partial charge in [0.1, 0.15) is 5.75 Å². The van der Waals surface area contributed by atoms with Crippen LogP contribution in [0.25, 0.3) is 0 Å². The van der Waals surface area contributed by atoms with Gasteiger partial charge in [0.05, 0.1) is 0 Å². The summed E-state index contributed by atoms with van der Waals surface area (Å²) in [5, 5.41) is 10.0. The molecule has 1 amide bonds. The van der Waals surface area contributed by atoms with Crippen LogP contribution in [0.4, 0.5) is 0 Å². The topological polar surface area (TPSA) is 40.5 Å². The summed E-state index contributed by atoms with van der Waals surface area (Å²) in [6.45, 7) is 4.89. The molecule has 0 aliphatic heterocycles. The first kappa shape index (κ1) is 15.0. The Morgan fingerprint density at radius 2 is 1.83 bits per heavy atom. The zero-order valence-corrected chi connectivity index (χ0v) is 12.5. The Morgan fingerprint density at radius 1 is 1.28 bits per heavy atom. The molecule has 0 saturated carbocycles. The van der Waals surface area contributed by atoms with E-state index in [-0.39, 0.29) is 17.7 Å². The first-order valence-corrected chi connectivity index (χ1v) is 7.42. The number of phenolic OH excluding ortho intramolecular Hbond substituents is 1. The summed E-state index contributed by atoms with van der Waals surface area (Å²) in [6.07, 6.45) is 1.90. The number of benzene rings is 1. The van der Waals surface area contributed by atoms with E-state index in [1.54, 1.807) is 24.3 Å². The fraction of sp³-hybridized carbons (Fsp3) is 0.500. The molecule has 1 N–H and O–H groups in total. The molecule has 3 nitrogen and oxygen atoms in total. The van der Waals surface area contributed by atoms with Gasteiger partial charge in [-0.15, -0.1) is 0 Å². The van der Waals surface area contributed by atoms with E-state index >= 15 is 0 Å². The highest BCUT2D eigenvalue weighted by atomic mass is 79.9. The van der Waals surface area contributed by atoms with Crippen LogP contribution in [-0.2, 0) is 0 Å². The van der Waals surface area contributed by atoms with Crippen molar-refractivity contribution >= 4 is 21.8 Å². The second-order valence-corrected chi connectivity index (χ2v) is 5.00. The molecule has 1 rings (SSSR count). The smallest absolute Gasteiger partial charge is 0.254 e. The van der Waals surface area contributed by atoms with Gasteiger partial charge < -0.3 is 10.0 Å². The average Bonchev–Trinajstić information content (AvgIpc) is 2.39. The number of amides is 1. The summed E-state index contributed by atoms with van der Waals surface area (Å²) in [4.78, 5) is 14.3. The minimum atomic E-state index is 0.0307. The molecule has 1 aromatic rings. The minimum absolute atomic E-state index is 0.0307. The number of alkyl halides is 1. The molecule has 4 heteroatoms. The fourth-order valence-electron chi connectivity index (χ4n) is 2.04. The normalized spacial score (nSPS) is 10.7. The molecule has 0 atom stereocenters. The van der Waals surface area contributed by atoms with E-state index in [0.717, 1.165) is 18.2 Å². The number of carbonyl (C=O) groups is 1. The van der Waals surface area contributed by atoms with Gasteiger partial charge in [-0.1, -0.05) is 29.8 Å². The zero-order valence-electron chi connectivity index (χ0n) is 10.9. The second kappa shape index (κ2) is 7.41. The number of phenols is 1. The average molecular weight is 314 g/mol. The number of carbonyl (C=O) groups excluding carboxylic acids is 1. The summed E-state index contributed by atoms with van der Waals surface area (Å²) in [7, 11) is 0. The molecule has 0 fully saturated rings. The van der Waals surface area contributed by atoms with E-state index in [1.165, 1.54) is 0 Å². The summed E-state index contributed by atoms with van der Waals surface area (Å²) >= 11 is 3.40. The molecule has 0 spiro atoms. The van der Waals surface area contributed by atoms with Crippen LogP contribution < -0.4 is 0 Å². The molecule has 0 radical (unpaired) electrons. The van der Waals surface area contributed by atoms with Crippen LogP contribution in [-0.4, -0.2) is 33.8 Å². The first-order chi connectivity index (χ1) is 8.63. The van der Waals surface area contributed by atoms with E-state index in [2.05, 4.69) is 29.8 Å². The van der Waals surface area contributed by atoms with E-state index in [4.69, 9.17) is 0 Å². The lowest BCUT2D eigenvalue weighted by atomic mass is 10.1. The van der Waals surface area contributed by atoms with Crippen molar-refractivity contribution in [2.75, 3.05) is 11.9 Å². The van der Waals surface area contributed by atoms with Crippen LogP contribution in [0.2, 0.25) is 0 Å². The van der Waals surface area contributed by atoms with Crippen molar-refractivity contribution < 1.29 is 9.90 Å². The van der Waals surface area contributed by atoms with Crippen molar-refractivity contribution in [1.29, 1.82) is 0 Å². The quantitative estimate of drug-likeness (QED) is 0.817. The molecule has 0 aromatic heterocycles. The van der Waals surface area contributed by atoms with Gasteiger partial charge in [-0.3, -0.25) is 4.79 Å². The molecule has 18 heavy (non-hydrogen) atoms. The molecule has 0 bridgehead atoms. The highest BCUT2D eigenvalue weighted by Crippen LogP contribution is 2.16. The summed E-state index contributed by atoms with van der Waals surface area (Å²) in [5.41, 5.74) is 0.626. The maximum atomic E-state index is 12.4. The lowest BCUT2D eigenvalue weighted by Crippen LogP contribution is -2.41. The molecule has 0 unspecified atom stereocenters. The molecule has 0 saturated heterocycles. The van der Waals surface area contributed by atoms with Crippen molar-refractivity contribution in [3.8, 4) is 5.75 Å².